The van der Waals surface area contributed by atoms with Gasteiger partial charge in [-0.1, -0.05) is 24.3 Å². The van der Waals surface area contributed by atoms with Crippen LogP contribution in [0.15, 0.2) is 30.5 Å². The molecule has 140 valence electrons. The molecule has 3 rings (SSSR count). The van der Waals surface area contributed by atoms with Crippen LogP contribution in [-0.2, 0) is 14.3 Å². The van der Waals surface area contributed by atoms with Crippen LogP contribution in [0, 0.1) is 6.92 Å². The van der Waals surface area contributed by atoms with Crippen molar-refractivity contribution in [3.63, 3.8) is 0 Å². The molecule has 0 aliphatic carbocycles. The maximum atomic E-state index is 12.2. The van der Waals surface area contributed by atoms with Crippen LogP contribution in [0.1, 0.15) is 30.0 Å². The Bertz CT molecular complexity index is 721. The van der Waals surface area contributed by atoms with Gasteiger partial charge < -0.3 is 14.4 Å². The number of benzene rings is 1. The Labute approximate surface area is 154 Å². The number of aryl methyl sites for hydroxylation is 1. The van der Waals surface area contributed by atoms with Crippen molar-refractivity contribution in [1.29, 1.82) is 0 Å². The minimum Gasteiger partial charge on any atom is -0.382 e. The van der Waals surface area contributed by atoms with Crippen molar-refractivity contribution in [2.24, 2.45) is 0 Å². The Morgan fingerprint density at radius 3 is 2.73 bits per heavy atom. The first-order valence-electron chi connectivity index (χ1n) is 9.14. The molecule has 2 aromatic rings. The zero-order chi connectivity index (χ0) is 18.4. The van der Waals surface area contributed by atoms with Gasteiger partial charge in [-0.25, -0.2) is 0 Å². The molecule has 0 saturated carbocycles. The second-order valence-corrected chi connectivity index (χ2v) is 6.71. The summed E-state index contributed by atoms with van der Waals surface area (Å²) in [6, 6.07) is 8.37. The van der Waals surface area contributed by atoms with Crippen molar-refractivity contribution in [1.82, 2.24) is 15.1 Å². The van der Waals surface area contributed by atoms with Crippen molar-refractivity contribution < 1.29 is 14.3 Å². The molecule has 6 nitrogen and oxygen atoms in total. The van der Waals surface area contributed by atoms with Gasteiger partial charge >= 0.3 is 0 Å². The standard InChI is InChI=1S/C20H27N3O3/c1-15-5-3-4-6-17(15)18-13-21-22-20(18)16-7-9-23(10-8-16)19(24)14-26-12-11-25-2/h3-6,13,16H,7-12,14H2,1-2H3,(H,21,22). The normalized spacial score (nSPS) is 15.4. The fourth-order valence-electron chi connectivity index (χ4n) is 3.51. The summed E-state index contributed by atoms with van der Waals surface area (Å²) < 4.78 is 10.3. The lowest BCUT2D eigenvalue weighted by atomic mass is 9.88. The third-order valence-electron chi connectivity index (χ3n) is 5.02. The SMILES string of the molecule is COCCOCC(=O)N1CCC(c2[nH]ncc2-c2ccccc2C)CC1. The van der Waals surface area contributed by atoms with E-state index in [2.05, 4.69) is 41.4 Å². The lowest BCUT2D eigenvalue weighted by Crippen LogP contribution is -2.40. The highest BCUT2D eigenvalue weighted by Crippen LogP contribution is 2.35. The lowest BCUT2D eigenvalue weighted by Gasteiger charge is -2.32. The topological polar surface area (TPSA) is 67.5 Å². The summed E-state index contributed by atoms with van der Waals surface area (Å²) in [5.74, 6) is 0.453. The molecule has 6 heteroatoms. The molecule has 0 bridgehead atoms. The van der Waals surface area contributed by atoms with Crippen LogP contribution in [0.5, 0.6) is 0 Å². The van der Waals surface area contributed by atoms with Crippen LogP contribution in [0.4, 0.5) is 0 Å². The van der Waals surface area contributed by atoms with Crippen molar-refractivity contribution >= 4 is 5.91 Å². The summed E-state index contributed by atoms with van der Waals surface area (Å²) >= 11 is 0. The van der Waals surface area contributed by atoms with E-state index < -0.39 is 0 Å². The number of hydrogen-bond donors (Lipinski definition) is 1. The lowest BCUT2D eigenvalue weighted by molar-refractivity contribution is -0.137. The summed E-state index contributed by atoms with van der Waals surface area (Å²) in [5, 5.41) is 7.49. The van der Waals surface area contributed by atoms with E-state index in [1.54, 1.807) is 7.11 Å². The highest BCUT2D eigenvalue weighted by Gasteiger charge is 2.26. The fraction of sp³-hybridized carbons (Fsp3) is 0.500. The Hall–Kier alpha value is -2.18. The minimum atomic E-state index is 0.0586. The number of carbonyl (C=O) groups is 1. The molecule has 1 aliphatic heterocycles. The van der Waals surface area contributed by atoms with E-state index in [0.29, 0.717) is 19.1 Å². The first kappa shape index (κ1) is 18.6. The molecule has 0 spiro atoms. The van der Waals surface area contributed by atoms with Gasteiger partial charge in [-0.2, -0.15) is 5.10 Å². The van der Waals surface area contributed by atoms with Gasteiger partial charge in [-0.05, 0) is 30.9 Å². The predicted octanol–water partition coefficient (Wildman–Crippen LogP) is 2.75. The number of aromatic amines is 1. The second-order valence-electron chi connectivity index (χ2n) is 6.71. The van der Waals surface area contributed by atoms with Crippen LogP contribution < -0.4 is 0 Å². The number of hydrogen-bond acceptors (Lipinski definition) is 4. The molecular weight excluding hydrogens is 330 g/mol. The number of ether oxygens (including phenoxy) is 2. The molecule has 1 N–H and O–H groups in total. The number of aromatic nitrogens is 2. The Morgan fingerprint density at radius 1 is 1.23 bits per heavy atom. The van der Waals surface area contributed by atoms with E-state index in [4.69, 9.17) is 9.47 Å². The molecule has 1 aromatic heterocycles. The van der Waals surface area contributed by atoms with Gasteiger partial charge in [0.25, 0.3) is 0 Å². The van der Waals surface area contributed by atoms with Crippen LogP contribution in [0.25, 0.3) is 11.1 Å². The molecule has 1 aliphatic rings. The molecule has 1 amide bonds. The van der Waals surface area contributed by atoms with Crippen molar-refractivity contribution in [2.45, 2.75) is 25.7 Å². The van der Waals surface area contributed by atoms with Crippen molar-refractivity contribution in [3.05, 3.63) is 41.7 Å². The number of methoxy groups -OCH3 is 1. The third-order valence-corrected chi connectivity index (χ3v) is 5.02. The first-order chi connectivity index (χ1) is 12.7. The largest absolute Gasteiger partial charge is 0.382 e. The smallest absolute Gasteiger partial charge is 0.248 e. The maximum absolute atomic E-state index is 12.2. The Morgan fingerprint density at radius 2 is 2.00 bits per heavy atom. The quantitative estimate of drug-likeness (QED) is 0.774. The van der Waals surface area contributed by atoms with Crippen LogP contribution in [0.3, 0.4) is 0 Å². The molecule has 1 aromatic carbocycles. The van der Waals surface area contributed by atoms with E-state index in [1.807, 2.05) is 11.1 Å². The number of piperidine rings is 1. The van der Waals surface area contributed by atoms with Gasteiger partial charge in [-0.15, -0.1) is 0 Å². The number of nitrogens with one attached hydrogen (secondary N) is 1. The fourth-order valence-corrected chi connectivity index (χ4v) is 3.51. The monoisotopic (exact) mass is 357 g/mol. The minimum absolute atomic E-state index is 0.0586. The van der Waals surface area contributed by atoms with E-state index in [0.717, 1.165) is 25.9 Å². The van der Waals surface area contributed by atoms with Gasteiger partial charge in [0.15, 0.2) is 0 Å². The van der Waals surface area contributed by atoms with Gasteiger partial charge in [0.1, 0.15) is 6.61 Å². The summed E-state index contributed by atoms with van der Waals surface area (Å²) in [6.07, 6.45) is 3.79. The van der Waals surface area contributed by atoms with E-state index >= 15 is 0 Å². The summed E-state index contributed by atoms with van der Waals surface area (Å²) in [6.45, 7) is 4.72. The van der Waals surface area contributed by atoms with Crippen LogP contribution >= 0.6 is 0 Å². The molecule has 1 saturated heterocycles. The molecule has 0 atom stereocenters. The highest BCUT2D eigenvalue weighted by atomic mass is 16.5. The van der Waals surface area contributed by atoms with Crippen LogP contribution in [-0.4, -0.2) is 61.0 Å². The third kappa shape index (κ3) is 4.31. The predicted molar refractivity (Wildman–Crippen MR) is 100 cm³/mol. The van der Waals surface area contributed by atoms with Crippen molar-refractivity contribution in [2.75, 3.05) is 40.0 Å². The molecular formula is C20H27N3O3. The van der Waals surface area contributed by atoms with Gasteiger partial charge in [-0.3, -0.25) is 9.89 Å². The second kappa shape index (κ2) is 8.96. The van der Waals surface area contributed by atoms with Gasteiger partial charge in [0, 0.05) is 37.4 Å². The van der Waals surface area contributed by atoms with E-state index in [-0.39, 0.29) is 12.5 Å². The molecule has 2 heterocycles. The Kier molecular flexibility index (Phi) is 6.41. The first-order valence-corrected chi connectivity index (χ1v) is 9.14. The summed E-state index contributed by atoms with van der Waals surface area (Å²) in [4.78, 5) is 14.1. The maximum Gasteiger partial charge on any atom is 0.248 e. The zero-order valence-corrected chi connectivity index (χ0v) is 15.5. The number of likely N-dealkylation sites (tertiary alicyclic amines) is 1. The van der Waals surface area contributed by atoms with Crippen LogP contribution in [0.2, 0.25) is 0 Å². The molecule has 0 radical (unpaired) electrons. The average Bonchev–Trinajstić information content (AvgIpc) is 3.15. The van der Waals surface area contributed by atoms with E-state index in [9.17, 15) is 4.79 Å². The van der Waals surface area contributed by atoms with E-state index in [1.165, 1.54) is 22.4 Å². The van der Waals surface area contributed by atoms with Gasteiger partial charge in [0.05, 0.1) is 19.4 Å². The highest BCUT2D eigenvalue weighted by molar-refractivity contribution is 5.77. The molecule has 0 unspecified atom stereocenters. The Balaban J connectivity index is 1.59. The number of nitrogens with zero attached hydrogens (tertiary/aromatic N) is 2. The number of amides is 1. The van der Waals surface area contributed by atoms with Crippen molar-refractivity contribution in [3.8, 4) is 11.1 Å². The average molecular weight is 357 g/mol. The number of rotatable bonds is 7. The summed E-state index contributed by atoms with van der Waals surface area (Å²) in [5.41, 5.74) is 4.83. The zero-order valence-electron chi connectivity index (χ0n) is 15.5. The summed E-state index contributed by atoms with van der Waals surface area (Å²) in [7, 11) is 1.62. The molecule has 1 fully saturated rings. The van der Waals surface area contributed by atoms with Gasteiger partial charge in [0.2, 0.25) is 5.91 Å². The molecule has 26 heavy (non-hydrogen) atoms. The number of carbonyl (C=O) groups excluding carboxylic acids is 1. The number of H-pyrrole nitrogens is 1.